The number of hydrogen-bond acceptors (Lipinski definition) is 3. The molecule has 1 fully saturated rings. The highest BCUT2D eigenvalue weighted by molar-refractivity contribution is 4.81. The van der Waals surface area contributed by atoms with Crippen LogP contribution in [-0.2, 0) is 0 Å². The Morgan fingerprint density at radius 1 is 1.36 bits per heavy atom. The van der Waals surface area contributed by atoms with Crippen LogP contribution in [0, 0.1) is 5.92 Å². The molecule has 1 heterocycles. The van der Waals surface area contributed by atoms with Crippen LogP contribution in [0.5, 0.6) is 0 Å². The van der Waals surface area contributed by atoms with Crippen molar-refractivity contribution in [3.05, 3.63) is 12.4 Å². The Morgan fingerprint density at radius 2 is 2.21 bits per heavy atom. The Morgan fingerprint density at radius 3 is 2.93 bits per heavy atom. The zero-order valence-electron chi connectivity index (χ0n) is 8.47. The highest BCUT2D eigenvalue weighted by atomic mass is 15.4. The molecule has 0 spiro atoms. The van der Waals surface area contributed by atoms with Crippen LogP contribution in [0.2, 0.25) is 0 Å². The van der Waals surface area contributed by atoms with Gasteiger partial charge in [0.2, 0.25) is 0 Å². The average Bonchev–Trinajstić information content (AvgIpc) is 2.72. The van der Waals surface area contributed by atoms with E-state index in [9.17, 15) is 0 Å². The van der Waals surface area contributed by atoms with Gasteiger partial charge in [0.1, 0.15) is 0 Å². The number of nitrogens with two attached hydrogens (primary N) is 1. The van der Waals surface area contributed by atoms with Crippen LogP contribution < -0.4 is 5.73 Å². The lowest BCUT2D eigenvalue weighted by Crippen LogP contribution is -2.25. The minimum Gasteiger partial charge on any atom is -0.330 e. The summed E-state index contributed by atoms with van der Waals surface area (Å²) in [5.74, 6) is 0.704. The van der Waals surface area contributed by atoms with Crippen LogP contribution >= 0.6 is 0 Å². The van der Waals surface area contributed by atoms with E-state index < -0.39 is 0 Å². The van der Waals surface area contributed by atoms with Crippen molar-refractivity contribution < 1.29 is 0 Å². The maximum atomic E-state index is 5.63. The van der Waals surface area contributed by atoms with Gasteiger partial charge in [0, 0.05) is 6.20 Å². The maximum Gasteiger partial charge on any atom is 0.0693 e. The van der Waals surface area contributed by atoms with Gasteiger partial charge >= 0.3 is 0 Å². The summed E-state index contributed by atoms with van der Waals surface area (Å²) in [7, 11) is 0. The number of aromatic nitrogens is 3. The Hall–Kier alpha value is -0.900. The first-order valence-corrected chi connectivity index (χ1v) is 5.47. The molecule has 2 N–H and O–H groups in total. The highest BCUT2D eigenvalue weighted by Crippen LogP contribution is 2.34. The Bertz CT molecular complexity index is 255. The molecule has 2 rings (SSSR count). The molecule has 2 atom stereocenters. The maximum absolute atomic E-state index is 5.63. The van der Waals surface area contributed by atoms with Gasteiger partial charge in [-0.3, -0.25) is 0 Å². The van der Waals surface area contributed by atoms with E-state index in [2.05, 4.69) is 10.3 Å². The van der Waals surface area contributed by atoms with E-state index in [0.29, 0.717) is 12.0 Å². The van der Waals surface area contributed by atoms with E-state index in [1.165, 1.54) is 25.7 Å². The lowest BCUT2D eigenvalue weighted by atomic mass is 9.82. The van der Waals surface area contributed by atoms with E-state index in [4.69, 9.17) is 5.73 Å². The fourth-order valence-corrected chi connectivity index (χ4v) is 2.48. The first-order chi connectivity index (χ1) is 6.92. The van der Waals surface area contributed by atoms with Crippen molar-refractivity contribution in [2.75, 3.05) is 6.54 Å². The van der Waals surface area contributed by atoms with Gasteiger partial charge in [-0.05, 0) is 31.7 Å². The molecule has 1 aliphatic rings. The van der Waals surface area contributed by atoms with Crippen molar-refractivity contribution >= 4 is 0 Å². The lowest BCUT2D eigenvalue weighted by Gasteiger charge is -2.31. The van der Waals surface area contributed by atoms with Crippen molar-refractivity contribution in [2.24, 2.45) is 11.7 Å². The summed E-state index contributed by atoms with van der Waals surface area (Å²) in [5.41, 5.74) is 5.63. The number of hydrogen-bond donors (Lipinski definition) is 1. The quantitative estimate of drug-likeness (QED) is 0.790. The van der Waals surface area contributed by atoms with Crippen molar-refractivity contribution in [1.82, 2.24) is 15.0 Å². The molecule has 4 nitrogen and oxygen atoms in total. The van der Waals surface area contributed by atoms with Crippen LogP contribution in [-0.4, -0.2) is 21.5 Å². The van der Waals surface area contributed by atoms with Crippen molar-refractivity contribution in [2.45, 2.75) is 38.1 Å². The van der Waals surface area contributed by atoms with Gasteiger partial charge in [-0.2, -0.15) is 0 Å². The minimum absolute atomic E-state index is 0.537. The van der Waals surface area contributed by atoms with Crippen LogP contribution in [0.1, 0.15) is 38.1 Å². The van der Waals surface area contributed by atoms with E-state index in [1.54, 1.807) is 6.20 Å². The third-order valence-corrected chi connectivity index (χ3v) is 3.19. The van der Waals surface area contributed by atoms with E-state index in [-0.39, 0.29) is 0 Å². The first-order valence-electron chi connectivity index (χ1n) is 5.47. The minimum atomic E-state index is 0.537. The molecule has 1 aromatic rings. The Labute approximate surface area is 84.5 Å². The zero-order chi connectivity index (χ0) is 9.80. The fourth-order valence-electron chi connectivity index (χ4n) is 2.48. The van der Waals surface area contributed by atoms with Crippen LogP contribution in [0.3, 0.4) is 0 Å². The van der Waals surface area contributed by atoms with Crippen LogP contribution in [0.15, 0.2) is 12.4 Å². The van der Waals surface area contributed by atoms with Gasteiger partial charge in [-0.25, -0.2) is 4.68 Å². The van der Waals surface area contributed by atoms with E-state index >= 15 is 0 Å². The van der Waals surface area contributed by atoms with Crippen molar-refractivity contribution in [1.29, 1.82) is 0 Å². The largest absolute Gasteiger partial charge is 0.330 e. The molecule has 0 radical (unpaired) electrons. The summed E-state index contributed by atoms with van der Waals surface area (Å²) in [4.78, 5) is 0. The number of nitrogens with zero attached hydrogens (tertiary/aromatic N) is 3. The zero-order valence-corrected chi connectivity index (χ0v) is 8.47. The SMILES string of the molecule is NCCC1CCCCC1n1ccnn1. The molecular formula is C10H18N4. The predicted molar refractivity (Wildman–Crippen MR) is 54.7 cm³/mol. The second-order valence-corrected chi connectivity index (χ2v) is 4.07. The molecule has 0 saturated heterocycles. The summed E-state index contributed by atoms with van der Waals surface area (Å²) in [6.45, 7) is 0.788. The number of rotatable bonds is 3. The smallest absolute Gasteiger partial charge is 0.0693 e. The highest BCUT2D eigenvalue weighted by Gasteiger charge is 2.26. The summed E-state index contributed by atoms with van der Waals surface area (Å²) in [6, 6.07) is 0.537. The van der Waals surface area contributed by atoms with Gasteiger partial charge in [0.25, 0.3) is 0 Å². The molecule has 1 aromatic heterocycles. The summed E-state index contributed by atoms with van der Waals surface area (Å²) >= 11 is 0. The molecule has 78 valence electrons. The average molecular weight is 194 g/mol. The Balaban J connectivity index is 2.06. The van der Waals surface area contributed by atoms with Crippen LogP contribution in [0.25, 0.3) is 0 Å². The molecule has 0 aliphatic heterocycles. The molecule has 0 amide bonds. The van der Waals surface area contributed by atoms with E-state index in [0.717, 1.165) is 13.0 Å². The van der Waals surface area contributed by atoms with Crippen molar-refractivity contribution in [3.63, 3.8) is 0 Å². The second kappa shape index (κ2) is 4.55. The van der Waals surface area contributed by atoms with Gasteiger partial charge in [0.15, 0.2) is 0 Å². The molecule has 14 heavy (non-hydrogen) atoms. The normalized spacial score (nSPS) is 27.8. The summed E-state index contributed by atoms with van der Waals surface area (Å²) in [5, 5.41) is 7.97. The van der Waals surface area contributed by atoms with Gasteiger partial charge < -0.3 is 5.73 Å². The van der Waals surface area contributed by atoms with E-state index in [1.807, 2.05) is 10.9 Å². The molecule has 0 bridgehead atoms. The van der Waals surface area contributed by atoms with Gasteiger partial charge in [-0.1, -0.05) is 18.1 Å². The van der Waals surface area contributed by atoms with Crippen molar-refractivity contribution in [3.8, 4) is 0 Å². The molecule has 1 aliphatic carbocycles. The summed E-state index contributed by atoms with van der Waals surface area (Å²) in [6.07, 6.45) is 10.0. The van der Waals surface area contributed by atoms with Gasteiger partial charge in [-0.15, -0.1) is 5.10 Å². The molecule has 2 unspecified atom stereocenters. The predicted octanol–water partition coefficient (Wildman–Crippen LogP) is 1.36. The van der Waals surface area contributed by atoms with Gasteiger partial charge in [0.05, 0.1) is 12.2 Å². The lowest BCUT2D eigenvalue weighted by molar-refractivity contribution is 0.211. The second-order valence-electron chi connectivity index (χ2n) is 4.07. The first kappa shape index (κ1) is 9.65. The Kier molecular flexibility index (Phi) is 3.14. The third-order valence-electron chi connectivity index (χ3n) is 3.19. The summed E-state index contributed by atoms with van der Waals surface area (Å²) < 4.78 is 2.01. The monoisotopic (exact) mass is 194 g/mol. The fraction of sp³-hybridized carbons (Fsp3) is 0.800. The topological polar surface area (TPSA) is 56.7 Å². The standard InChI is InChI=1S/C10H18N4/c11-6-5-9-3-1-2-4-10(9)14-8-7-12-13-14/h7-10H,1-6,11H2. The molecule has 1 saturated carbocycles. The molecular weight excluding hydrogens is 176 g/mol. The van der Waals surface area contributed by atoms with Crippen LogP contribution in [0.4, 0.5) is 0 Å². The third kappa shape index (κ3) is 1.95. The molecule has 4 heteroatoms. The molecule has 0 aromatic carbocycles.